The SMILES string of the molecule is Cc1cc(OCC(=O)NCCNC(=O)COc2cc(C)c(Cl)c(C)c2)cc(C)c1Cl. The number of ether oxygens (including phenoxy) is 2. The Labute approximate surface area is 186 Å². The van der Waals surface area contributed by atoms with E-state index in [4.69, 9.17) is 32.7 Å². The Hall–Kier alpha value is -2.44. The molecule has 6 nitrogen and oxygen atoms in total. The first kappa shape index (κ1) is 23.8. The zero-order chi connectivity index (χ0) is 22.3. The predicted molar refractivity (Wildman–Crippen MR) is 119 cm³/mol. The fourth-order valence-corrected chi connectivity index (χ4v) is 3.00. The van der Waals surface area contributed by atoms with Crippen LogP contribution >= 0.6 is 23.2 Å². The van der Waals surface area contributed by atoms with Gasteiger partial charge >= 0.3 is 0 Å². The van der Waals surface area contributed by atoms with Gasteiger partial charge in [0.2, 0.25) is 0 Å². The lowest BCUT2D eigenvalue weighted by molar-refractivity contribution is -0.124. The van der Waals surface area contributed by atoms with Crippen LogP contribution in [-0.4, -0.2) is 38.1 Å². The van der Waals surface area contributed by atoms with Gasteiger partial charge in [-0.2, -0.15) is 0 Å². The number of carbonyl (C=O) groups excluding carboxylic acids is 2. The Morgan fingerprint density at radius 2 is 1.00 bits per heavy atom. The molecule has 0 unspecified atom stereocenters. The van der Waals surface area contributed by atoms with E-state index in [1.807, 2.05) is 27.7 Å². The minimum Gasteiger partial charge on any atom is -0.484 e. The molecule has 2 aromatic carbocycles. The molecule has 0 saturated heterocycles. The molecule has 2 aromatic rings. The predicted octanol–water partition coefficient (Wildman–Crippen LogP) is 3.92. The number of hydrogen-bond acceptors (Lipinski definition) is 4. The summed E-state index contributed by atoms with van der Waals surface area (Å²) in [6.07, 6.45) is 0. The fraction of sp³-hybridized carbons (Fsp3) is 0.364. The van der Waals surface area contributed by atoms with E-state index in [0.717, 1.165) is 22.3 Å². The Morgan fingerprint density at radius 1 is 0.700 bits per heavy atom. The topological polar surface area (TPSA) is 76.7 Å². The second-order valence-electron chi connectivity index (χ2n) is 7.02. The van der Waals surface area contributed by atoms with Crippen molar-refractivity contribution in [2.75, 3.05) is 26.3 Å². The molecule has 8 heteroatoms. The molecule has 0 aliphatic carbocycles. The average Bonchev–Trinajstić information content (AvgIpc) is 2.70. The number of carbonyl (C=O) groups is 2. The lowest BCUT2D eigenvalue weighted by Gasteiger charge is -2.11. The highest BCUT2D eigenvalue weighted by atomic mass is 35.5. The van der Waals surface area contributed by atoms with Crippen LogP contribution in [0.5, 0.6) is 11.5 Å². The van der Waals surface area contributed by atoms with E-state index >= 15 is 0 Å². The minimum atomic E-state index is -0.280. The van der Waals surface area contributed by atoms with Crippen LogP contribution in [0.4, 0.5) is 0 Å². The highest BCUT2D eigenvalue weighted by Crippen LogP contribution is 2.26. The first-order valence-corrected chi connectivity index (χ1v) is 10.3. The zero-order valence-electron chi connectivity index (χ0n) is 17.5. The Bertz CT molecular complexity index is 810. The summed E-state index contributed by atoms with van der Waals surface area (Å²) in [5.74, 6) is 0.612. The summed E-state index contributed by atoms with van der Waals surface area (Å²) in [5.41, 5.74) is 3.56. The van der Waals surface area contributed by atoms with Gasteiger partial charge in [0.15, 0.2) is 13.2 Å². The van der Waals surface area contributed by atoms with E-state index in [0.29, 0.717) is 21.5 Å². The minimum absolute atomic E-state index is 0.118. The first-order valence-electron chi connectivity index (χ1n) is 9.50. The molecule has 0 saturated carbocycles. The molecule has 2 N–H and O–H groups in total. The second kappa shape index (κ2) is 11.1. The number of benzene rings is 2. The lowest BCUT2D eigenvalue weighted by Crippen LogP contribution is -2.38. The van der Waals surface area contributed by atoms with E-state index in [-0.39, 0.29) is 38.1 Å². The summed E-state index contributed by atoms with van der Waals surface area (Å²) in [6, 6.07) is 7.14. The molecule has 0 spiro atoms. The molecule has 0 aliphatic heterocycles. The van der Waals surface area contributed by atoms with Crippen LogP contribution in [0.2, 0.25) is 10.0 Å². The Kier molecular flexibility index (Phi) is 8.81. The van der Waals surface area contributed by atoms with E-state index in [1.165, 1.54) is 0 Å². The van der Waals surface area contributed by atoms with Gasteiger partial charge in [-0.25, -0.2) is 0 Å². The third-order valence-electron chi connectivity index (χ3n) is 4.33. The molecule has 0 fully saturated rings. The highest BCUT2D eigenvalue weighted by Gasteiger charge is 2.08. The monoisotopic (exact) mass is 452 g/mol. The zero-order valence-corrected chi connectivity index (χ0v) is 19.0. The molecule has 2 rings (SSSR count). The number of amides is 2. The van der Waals surface area contributed by atoms with Gasteiger partial charge in [-0.05, 0) is 74.2 Å². The van der Waals surface area contributed by atoms with E-state index in [1.54, 1.807) is 24.3 Å². The lowest BCUT2D eigenvalue weighted by atomic mass is 10.1. The first-order chi connectivity index (χ1) is 14.2. The van der Waals surface area contributed by atoms with Gasteiger partial charge < -0.3 is 20.1 Å². The number of nitrogens with one attached hydrogen (secondary N) is 2. The number of hydrogen-bond donors (Lipinski definition) is 2. The van der Waals surface area contributed by atoms with Crippen LogP contribution in [-0.2, 0) is 9.59 Å². The molecule has 30 heavy (non-hydrogen) atoms. The molecule has 162 valence electrons. The largest absolute Gasteiger partial charge is 0.484 e. The molecule has 0 aliphatic rings. The molecule has 0 heterocycles. The maximum absolute atomic E-state index is 11.9. The molecule has 0 bridgehead atoms. The van der Waals surface area contributed by atoms with Crippen molar-refractivity contribution in [3.63, 3.8) is 0 Å². The smallest absolute Gasteiger partial charge is 0.258 e. The Morgan fingerprint density at radius 3 is 1.30 bits per heavy atom. The number of rotatable bonds is 9. The summed E-state index contributed by atoms with van der Waals surface area (Å²) in [6.45, 7) is 7.85. The van der Waals surface area contributed by atoms with Crippen LogP contribution in [0.3, 0.4) is 0 Å². The van der Waals surface area contributed by atoms with E-state index < -0.39 is 0 Å². The van der Waals surface area contributed by atoms with Gasteiger partial charge in [0.1, 0.15) is 11.5 Å². The molecule has 2 amide bonds. The molecule has 0 aromatic heterocycles. The van der Waals surface area contributed by atoms with Gasteiger partial charge in [-0.3, -0.25) is 9.59 Å². The van der Waals surface area contributed by atoms with Crippen molar-refractivity contribution in [2.24, 2.45) is 0 Å². The summed E-state index contributed by atoms with van der Waals surface area (Å²) in [4.78, 5) is 23.8. The quantitative estimate of drug-likeness (QED) is 0.565. The van der Waals surface area contributed by atoms with Crippen LogP contribution in [0.1, 0.15) is 22.3 Å². The van der Waals surface area contributed by atoms with Gasteiger partial charge in [-0.15, -0.1) is 0 Å². The number of halogens is 2. The molecule has 0 radical (unpaired) electrons. The van der Waals surface area contributed by atoms with Crippen LogP contribution in [0, 0.1) is 27.7 Å². The second-order valence-corrected chi connectivity index (χ2v) is 7.78. The summed E-state index contributed by atoms with van der Waals surface area (Å²) in [5, 5.41) is 6.74. The standard InChI is InChI=1S/C22H26Cl2N2O4/c1-13-7-17(8-14(2)21(13)23)29-11-19(27)25-5-6-26-20(28)12-30-18-9-15(3)22(24)16(4)10-18/h7-10H,5-6,11-12H2,1-4H3,(H,25,27)(H,26,28). The van der Waals surface area contributed by atoms with Gasteiger partial charge in [0, 0.05) is 23.1 Å². The maximum Gasteiger partial charge on any atom is 0.258 e. The van der Waals surface area contributed by atoms with Crippen molar-refractivity contribution >= 4 is 35.0 Å². The van der Waals surface area contributed by atoms with Gasteiger partial charge in [-0.1, -0.05) is 23.2 Å². The summed E-state index contributed by atoms with van der Waals surface area (Å²) in [7, 11) is 0. The maximum atomic E-state index is 11.9. The van der Waals surface area contributed by atoms with Gasteiger partial charge in [0.25, 0.3) is 11.8 Å². The average molecular weight is 453 g/mol. The summed E-state index contributed by atoms with van der Waals surface area (Å²) < 4.78 is 11.0. The molecular weight excluding hydrogens is 427 g/mol. The van der Waals surface area contributed by atoms with Crippen molar-refractivity contribution in [1.29, 1.82) is 0 Å². The fourth-order valence-electron chi connectivity index (χ4n) is 2.78. The van der Waals surface area contributed by atoms with Crippen molar-refractivity contribution in [1.82, 2.24) is 10.6 Å². The normalized spacial score (nSPS) is 10.5. The van der Waals surface area contributed by atoms with Crippen molar-refractivity contribution in [3.8, 4) is 11.5 Å². The number of aryl methyl sites for hydroxylation is 4. The van der Waals surface area contributed by atoms with Crippen molar-refractivity contribution in [3.05, 3.63) is 56.6 Å². The highest BCUT2D eigenvalue weighted by molar-refractivity contribution is 6.32. The van der Waals surface area contributed by atoms with Gasteiger partial charge in [0.05, 0.1) is 0 Å². The summed E-state index contributed by atoms with van der Waals surface area (Å²) >= 11 is 12.2. The van der Waals surface area contributed by atoms with Crippen LogP contribution in [0.25, 0.3) is 0 Å². The van der Waals surface area contributed by atoms with Crippen molar-refractivity contribution < 1.29 is 19.1 Å². The van der Waals surface area contributed by atoms with E-state index in [9.17, 15) is 9.59 Å². The molecule has 0 atom stereocenters. The molecular formula is C22H26Cl2N2O4. The Balaban J connectivity index is 1.64. The van der Waals surface area contributed by atoms with Crippen LogP contribution < -0.4 is 20.1 Å². The third kappa shape index (κ3) is 7.11. The van der Waals surface area contributed by atoms with Crippen LogP contribution in [0.15, 0.2) is 24.3 Å². The van der Waals surface area contributed by atoms with Crippen molar-refractivity contribution in [2.45, 2.75) is 27.7 Å². The third-order valence-corrected chi connectivity index (χ3v) is 5.52. The van der Waals surface area contributed by atoms with E-state index in [2.05, 4.69) is 10.6 Å².